The Morgan fingerprint density at radius 1 is 1.17 bits per heavy atom. The number of rotatable bonds is 4. The second-order valence-corrected chi connectivity index (χ2v) is 9.53. The molecule has 0 unspecified atom stereocenters. The number of thioether (sulfide) groups is 1. The van der Waals surface area contributed by atoms with E-state index in [-0.39, 0.29) is 24.0 Å². The van der Waals surface area contributed by atoms with Crippen LogP contribution in [-0.4, -0.2) is 51.0 Å². The first-order chi connectivity index (χ1) is 13.8. The van der Waals surface area contributed by atoms with Crippen LogP contribution in [0.4, 0.5) is 0 Å². The Morgan fingerprint density at radius 2 is 1.93 bits per heavy atom. The van der Waals surface area contributed by atoms with Gasteiger partial charge in [0.2, 0.25) is 0 Å². The number of halogens is 1. The highest BCUT2D eigenvalue weighted by molar-refractivity contribution is 14.0. The number of aliphatic imine (C=N–C) groups is 1. The lowest BCUT2D eigenvalue weighted by molar-refractivity contribution is 0.293. The van der Waals surface area contributed by atoms with Crippen molar-refractivity contribution in [3.8, 4) is 0 Å². The number of aromatic nitrogens is 2. The Morgan fingerprint density at radius 3 is 2.62 bits per heavy atom. The van der Waals surface area contributed by atoms with E-state index in [4.69, 9.17) is 0 Å². The number of hydrogen-bond donors (Lipinski definition) is 1. The van der Waals surface area contributed by atoms with Crippen molar-refractivity contribution in [3.05, 3.63) is 54.1 Å². The van der Waals surface area contributed by atoms with Crippen molar-refractivity contribution in [1.82, 2.24) is 19.8 Å². The zero-order valence-corrected chi connectivity index (χ0v) is 20.4. The summed E-state index contributed by atoms with van der Waals surface area (Å²) in [6, 6.07) is 8.82. The van der Waals surface area contributed by atoms with Gasteiger partial charge >= 0.3 is 0 Å². The van der Waals surface area contributed by atoms with Crippen LogP contribution in [0.1, 0.15) is 43.2 Å². The van der Waals surface area contributed by atoms with Crippen molar-refractivity contribution in [1.29, 1.82) is 0 Å². The molecule has 0 bridgehead atoms. The van der Waals surface area contributed by atoms with Crippen molar-refractivity contribution in [2.75, 3.05) is 25.9 Å². The Labute approximate surface area is 195 Å². The standard InChI is InChI=1S/C22H31N5S.HI/c1-23-21(27-13-14-28-22(17-27)9-3-2-4-10-22)25-15-19-5-7-20(8-6-19)16-26-12-11-24-18-26;/h5-8,11-12,18H,2-4,9-10,13-17H2,1H3,(H,23,25);1H. The van der Waals surface area contributed by atoms with Crippen LogP contribution in [0.15, 0.2) is 48.0 Å². The Kier molecular flexibility index (Phi) is 8.29. The third-order valence-electron chi connectivity index (χ3n) is 5.92. The molecule has 158 valence electrons. The third-order valence-corrected chi connectivity index (χ3v) is 7.46. The minimum absolute atomic E-state index is 0. The van der Waals surface area contributed by atoms with E-state index < -0.39 is 0 Å². The molecule has 2 heterocycles. The summed E-state index contributed by atoms with van der Waals surface area (Å²) in [7, 11) is 1.91. The number of benzene rings is 1. The number of nitrogens with one attached hydrogen (secondary N) is 1. The molecule has 0 amide bonds. The molecule has 1 saturated carbocycles. The third kappa shape index (κ3) is 5.90. The fourth-order valence-electron chi connectivity index (χ4n) is 4.39. The molecular weight excluding hydrogens is 493 g/mol. The van der Waals surface area contributed by atoms with Gasteiger partial charge in [-0.15, -0.1) is 24.0 Å². The fraction of sp³-hybridized carbons (Fsp3) is 0.545. The van der Waals surface area contributed by atoms with E-state index in [2.05, 4.69) is 60.8 Å². The number of guanidine groups is 1. The van der Waals surface area contributed by atoms with Gasteiger partial charge in [0, 0.05) is 56.1 Å². The predicted octanol–water partition coefficient (Wildman–Crippen LogP) is 4.38. The molecule has 0 atom stereocenters. The summed E-state index contributed by atoms with van der Waals surface area (Å²) < 4.78 is 2.55. The van der Waals surface area contributed by atoms with Gasteiger partial charge in [0.05, 0.1) is 6.33 Å². The van der Waals surface area contributed by atoms with E-state index >= 15 is 0 Å². The summed E-state index contributed by atoms with van der Waals surface area (Å²) in [5, 5.41) is 3.59. The normalized spacial score (nSPS) is 19.1. The maximum atomic E-state index is 4.58. The molecule has 2 fully saturated rings. The van der Waals surface area contributed by atoms with Gasteiger partial charge in [-0.2, -0.15) is 11.8 Å². The molecule has 2 aliphatic rings. The lowest BCUT2D eigenvalue weighted by Crippen LogP contribution is -2.53. The molecule has 1 aromatic carbocycles. The Hall–Kier alpha value is -1.22. The molecule has 1 saturated heterocycles. The van der Waals surface area contributed by atoms with Gasteiger partial charge in [0.1, 0.15) is 0 Å². The van der Waals surface area contributed by atoms with Crippen LogP contribution in [-0.2, 0) is 13.1 Å². The number of hydrogen-bond acceptors (Lipinski definition) is 3. The van der Waals surface area contributed by atoms with Gasteiger partial charge < -0.3 is 14.8 Å². The van der Waals surface area contributed by atoms with Gasteiger partial charge in [0.25, 0.3) is 0 Å². The molecule has 0 radical (unpaired) electrons. The van der Waals surface area contributed by atoms with E-state index in [0.29, 0.717) is 4.75 Å². The minimum atomic E-state index is 0. The second-order valence-electron chi connectivity index (χ2n) is 7.97. The first kappa shape index (κ1) is 22.5. The molecule has 1 aliphatic heterocycles. The molecule has 1 spiro atoms. The molecule has 4 rings (SSSR count). The van der Waals surface area contributed by atoms with Gasteiger partial charge in [-0.1, -0.05) is 43.5 Å². The number of nitrogens with zero attached hydrogens (tertiary/aromatic N) is 4. The summed E-state index contributed by atoms with van der Waals surface area (Å²) in [4.78, 5) is 11.2. The van der Waals surface area contributed by atoms with Crippen LogP contribution in [0.25, 0.3) is 0 Å². The summed E-state index contributed by atoms with van der Waals surface area (Å²) in [5.41, 5.74) is 2.58. The van der Waals surface area contributed by atoms with Crippen LogP contribution in [0, 0.1) is 0 Å². The van der Waals surface area contributed by atoms with Crippen LogP contribution >= 0.6 is 35.7 Å². The Bertz CT molecular complexity index is 764. The summed E-state index contributed by atoms with van der Waals surface area (Å²) in [6.45, 7) is 3.91. The maximum Gasteiger partial charge on any atom is 0.193 e. The second kappa shape index (κ2) is 10.7. The first-order valence-corrected chi connectivity index (χ1v) is 11.4. The van der Waals surface area contributed by atoms with Crippen molar-refractivity contribution >= 4 is 41.7 Å². The first-order valence-electron chi connectivity index (χ1n) is 10.4. The van der Waals surface area contributed by atoms with Gasteiger partial charge in [-0.25, -0.2) is 4.98 Å². The van der Waals surface area contributed by atoms with Gasteiger partial charge in [0.15, 0.2) is 5.96 Å². The molecule has 29 heavy (non-hydrogen) atoms. The zero-order chi connectivity index (χ0) is 19.2. The lowest BCUT2D eigenvalue weighted by atomic mass is 9.87. The topological polar surface area (TPSA) is 45.5 Å². The smallest absolute Gasteiger partial charge is 0.193 e. The highest BCUT2D eigenvalue weighted by Gasteiger charge is 2.38. The van der Waals surface area contributed by atoms with E-state index in [1.54, 1.807) is 0 Å². The molecular formula is C22H32IN5S. The molecule has 1 N–H and O–H groups in total. The molecule has 1 aromatic heterocycles. The maximum absolute atomic E-state index is 4.58. The monoisotopic (exact) mass is 525 g/mol. The van der Waals surface area contributed by atoms with Crippen molar-refractivity contribution < 1.29 is 0 Å². The highest BCUT2D eigenvalue weighted by atomic mass is 127. The Balaban J connectivity index is 0.00000240. The molecule has 7 heteroatoms. The lowest BCUT2D eigenvalue weighted by Gasteiger charge is -2.45. The average molecular weight is 526 g/mol. The van der Waals surface area contributed by atoms with Crippen LogP contribution in [0.5, 0.6) is 0 Å². The fourth-order valence-corrected chi connectivity index (χ4v) is 5.96. The van der Waals surface area contributed by atoms with Crippen molar-refractivity contribution in [2.24, 2.45) is 4.99 Å². The van der Waals surface area contributed by atoms with Gasteiger partial charge in [-0.05, 0) is 24.0 Å². The summed E-state index contributed by atoms with van der Waals surface area (Å²) in [6.07, 6.45) is 12.6. The van der Waals surface area contributed by atoms with E-state index in [0.717, 1.165) is 32.1 Å². The molecule has 5 nitrogen and oxygen atoms in total. The van der Waals surface area contributed by atoms with Crippen LogP contribution in [0.2, 0.25) is 0 Å². The predicted molar refractivity (Wildman–Crippen MR) is 133 cm³/mol. The van der Waals surface area contributed by atoms with E-state index in [1.807, 2.05) is 25.8 Å². The SMILES string of the molecule is CN=C(NCc1ccc(Cn2ccnc2)cc1)N1CCSC2(CCCCC2)C1.I. The number of imidazole rings is 1. The zero-order valence-electron chi connectivity index (χ0n) is 17.2. The van der Waals surface area contributed by atoms with Gasteiger partial charge in [-0.3, -0.25) is 4.99 Å². The van der Waals surface area contributed by atoms with Crippen LogP contribution in [0.3, 0.4) is 0 Å². The van der Waals surface area contributed by atoms with Crippen molar-refractivity contribution in [3.63, 3.8) is 0 Å². The van der Waals surface area contributed by atoms with E-state index in [1.165, 1.54) is 49.0 Å². The largest absolute Gasteiger partial charge is 0.352 e. The van der Waals surface area contributed by atoms with E-state index in [9.17, 15) is 0 Å². The van der Waals surface area contributed by atoms with Crippen LogP contribution < -0.4 is 5.32 Å². The molecule has 1 aliphatic carbocycles. The highest BCUT2D eigenvalue weighted by Crippen LogP contribution is 2.42. The average Bonchev–Trinajstić information content (AvgIpc) is 3.23. The quantitative estimate of drug-likeness (QED) is 0.366. The summed E-state index contributed by atoms with van der Waals surface area (Å²) in [5.74, 6) is 2.26. The minimum Gasteiger partial charge on any atom is -0.352 e. The molecule has 2 aromatic rings. The van der Waals surface area contributed by atoms with Crippen molar-refractivity contribution in [2.45, 2.75) is 49.9 Å². The summed E-state index contributed by atoms with van der Waals surface area (Å²) >= 11 is 2.20.